The highest BCUT2D eigenvalue weighted by atomic mass is 16.6. The number of hydrogen-bond donors (Lipinski definition) is 1. The molecule has 0 radical (unpaired) electrons. The van der Waals surface area contributed by atoms with Crippen molar-refractivity contribution in [3.05, 3.63) is 23.8 Å². The van der Waals surface area contributed by atoms with E-state index in [0.717, 1.165) is 0 Å². The van der Waals surface area contributed by atoms with Gasteiger partial charge in [0.25, 0.3) is 0 Å². The van der Waals surface area contributed by atoms with Crippen molar-refractivity contribution in [3.8, 4) is 11.5 Å². The van der Waals surface area contributed by atoms with Crippen LogP contribution in [0.25, 0.3) is 0 Å². The van der Waals surface area contributed by atoms with E-state index in [-0.39, 0.29) is 17.3 Å². The number of methoxy groups -OCH3 is 1. The van der Waals surface area contributed by atoms with E-state index in [1.54, 1.807) is 0 Å². The number of carboxylic acids is 1. The van der Waals surface area contributed by atoms with Crippen molar-refractivity contribution >= 4 is 17.9 Å². The second-order valence-corrected chi connectivity index (χ2v) is 5.47. The zero-order valence-corrected chi connectivity index (χ0v) is 14.1. The third-order valence-electron chi connectivity index (χ3n) is 2.15. The van der Waals surface area contributed by atoms with Crippen LogP contribution in [0.1, 0.15) is 45.0 Å². The van der Waals surface area contributed by atoms with Crippen molar-refractivity contribution in [1.82, 2.24) is 0 Å². The highest BCUT2D eigenvalue weighted by Crippen LogP contribution is 2.31. The van der Waals surface area contributed by atoms with Crippen molar-refractivity contribution < 1.29 is 33.7 Å². The predicted octanol–water partition coefficient (Wildman–Crippen LogP) is 2.67. The molecule has 7 heteroatoms. The molecule has 1 aromatic carbocycles. The van der Waals surface area contributed by atoms with E-state index >= 15 is 0 Å². The number of aromatic carboxylic acids is 1. The third-order valence-corrected chi connectivity index (χ3v) is 2.15. The fourth-order valence-electron chi connectivity index (χ4n) is 1.29. The van der Waals surface area contributed by atoms with E-state index < -0.39 is 17.5 Å². The van der Waals surface area contributed by atoms with Gasteiger partial charge in [-0.1, -0.05) is 0 Å². The quantitative estimate of drug-likeness (QED) is 0.673. The molecule has 0 atom stereocenters. The Morgan fingerprint density at radius 1 is 1.00 bits per heavy atom. The number of esters is 2. The monoisotopic (exact) mass is 326 g/mol. The van der Waals surface area contributed by atoms with Crippen LogP contribution in [0.5, 0.6) is 11.5 Å². The van der Waals surface area contributed by atoms with Crippen LogP contribution in [0, 0.1) is 0 Å². The van der Waals surface area contributed by atoms with Gasteiger partial charge in [0.05, 0.1) is 12.7 Å². The van der Waals surface area contributed by atoms with Gasteiger partial charge in [0.1, 0.15) is 5.60 Å². The third kappa shape index (κ3) is 9.13. The maximum atomic E-state index is 11.0. The zero-order chi connectivity index (χ0) is 18.2. The second-order valence-electron chi connectivity index (χ2n) is 5.47. The Morgan fingerprint density at radius 2 is 1.52 bits per heavy atom. The molecule has 0 unspecified atom stereocenters. The number of hydrogen-bond acceptors (Lipinski definition) is 6. The zero-order valence-electron chi connectivity index (χ0n) is 14.1. The van der Waals surface area contributed by atoms with Gasteiger partial charge in [0.15, 0.2) is 11.5 Å². The van der Waals surface area contributed by atoms with E-state index in [2.05, 4.69) is 4.74 Å². The molecule has 1 N–H and O–H groups in total. The number of carbonyl (C=O) groups is 3. The number of rotatable bonds is 3. The number of carbonyl (C=O) groups excluding carboxylic acids is 2. The molecule has 128 valence electrons. The standard InChI is InChI=1S/C13H16O5.C3H6O2/c1-8(14)17-11-7-9(12(15)16)5-6-10(11)18-13(2,3)4;1-3(4)5-2/h5-7H,1-4H3,(H,15,16);1-2H3. The van der Waals surface area contributed by atoms with E-state index in [9.17, 15) is 14.4 Å². The van der Waals surface area contributed by atoms with Crippen LogP contribution in [0.3, 0.4) is 0 Å². The Labute approximate surface area is 135 Å². The average Bonchev–Trinajstić information content (AvgIpc) is 2.39. The lowest BCUT2D eigenvalue weighted by Gasteiger charge is -2.22. The van der Waals surface area contributed by atoms with Gasteiger partial charge in [-0.2, -0.15) is 0 Å². The average molecular weight is 326 g/mol. The first kappa shape index (κ1) is 20.4. The molecular weight excluding hydrogens is 304 g/mol. The molecule has 0 spiro atoms. The van der Waals surface area contributed by atoms with Crippen LogP contribution in [0.2, 0.25) is 0 Å². The van der Waals surface area contributed by atoms with Crippen molar-refractivity contribution in [2.45, 2.75) is 40.2 Å². The Morgan fingerprint density at radius 3 is 1.87 bits per heavy atom. The molecule has 0 heterocycles. The van der Waals surface area contributed by atoms with E-state index in [0.29, 0.717) is 5.75 Å². The van der Waals surface area contributed by atoms with Crippen molar-refractivity contribution in [2.24, 2.45) is 0 Å². The summed E-state index contributed by atoms with van der Waals surface area (Å²) in [7, 11) is 1.35. The highest BCUT2D eigenvalue weighted by molar-refractivity contribution is 5.88. The minimum atomic E-state index is -1.09. The molecule has 1 rings (SSSR count). The van der Waals surface area contributed by atoms with Crippen LogP contribution in [-0.2, 0) is 14.3 Å². The smallest absolute Gasteiger partial charge is 0.335 e. The normalized spacial score (nSPS) is 10.0. The molecule has 0 saturated heterocycles. The van der Waals surface area contributed by atoms with Crippen molar-refractivity contribution in [1.29, 1.82) is 0 Å². The summed E-state index contributed by atoms with van der Waals surface area (Å²) in [6.07, 6.45) is 0. The van der Waals surface area contributed by atoms with Gasteiger partial charge in [-0.25, -0.2) is 4.79 Å². The molecular formula is C16H22O7. The minimum Gasteiger partial charge on any atom is -0.484 e. The Bertz CT molecular complexity index is 570. The first-order valence-corrected chi connectivity index (χ1v) is 6.75. The maximum absolute atomic E-state index is 11.0. The molecule has 0 amide bonds. The summed E-state index contributed by atoms with van der Waals surface area (Å²) in [6, 6.07) is 4.15. The van der Waals surface area contributed by atoms with Crippen LogP contribution >= 0.6 is 0 Å². The molecule has 23 heavy (non-hydrogen) atoms. The Kier molecular flexibility index (Phi) is 7.79. The first-order chi connectivity index (χ1) is 10.5. The Balaban J connectivity index is 0.000000841. The fraction of sp³-hybridized carbons (Fsp3) is 0.438. The van der Waals surface area contributed by atoms with E-state index in [1.165, 1.54) is 39.2 Å². The van der Waals surface area contributed by atoms with Crippen LogP contribution in [0.4, 0.5) is 0 Å². The van der Waals surface area contributed by atoms with Crippen LogP contribution in [-0.4, -0.2) is 35.7 Å². The van der Waals surface area contributed by atoms with Gasteiger partial charge in [0, 0.05) is 13.8 Å². The summed E-state index contributed by atoms with van der Waals surface area (Å²) >= 11 is 0. The van der Waals surface area contributed by atoms with Crippen molar-refractivity contribution in [2.75, 3.05) is 7.11 Å². The van der Waals surface area contributed by atoms with Crippen LogP contribution < -0.4 is 9.47 Å². The summed E-state index contributed by atoms with van der Waals surface area (Å²) in [5, 5.41) is 8.89. The maximum Gasteiger partial charge on any atom is 0.335 e. The Hall–Kier alpha value is -2.57. The van der Waals surface area contributed by atoms with Gasteiger partial charge < -0.3 is 19.3 Å². The van der Waals surface area contributed by atoms with Gasteiger partial charge in [0.2, 0.25) is 0 Å². The molecule has 0 bridgehead atoms. The lowest BCUT2D eigenvalue weighted by atomic mass is 10.1. The number of ether oxygens (including phenoxy) is 3. The molecule has 1 aromatic rings. The van der Waals surface area contributed by atoms with Crippen molar-refractivity contribution in [3.63, 3.8) is 0 Å². The summed E-state index contributed by atoms with van der Waals surface area (Å²) in [4.78, 5) is 31.4. The first-order valence-electron chi connectivity index (χ1n) is 6.75. The molecule has 0 saturated carbocycles. The van der Waals surface area contributed by atoms with Crippen LogP contribution in [0.15, 0.2) is 18.2 Å². The summed E-state index contributed by atoms with van der Waals surface area (Å²) < 4.78 is 14.7. The summed E-state index contributed by atoms with van der Waals surface area (Å²) in [5.74, 6) is -1.42. The highest BCUT2D eigenvalue weighted by Gasteiger charge is 2.18. The second kappa shape index (κ2) is 8.77. The van der Waals surface area contributed by atoms with E-state index in [4.69, 9.17) is 14.6 Å². The predicted molar refractivity (Wildman–Crippen MR) is 82.8 cm³/mol. The van der Waals surface area contributed by atoms with Gasteiger partial charge in [-0.3, -0.25) is 9.59 Å². The number of carboxylic acid groups (broad SMARTS) is 1. The van der Waals surface area contributed by atoms with Gasteiger partial charge in [-0.05, 0) is 39.0 Å². The SMILES string of the molecule is CC(=O)Oc1cc(C(=O)O)ccc1OC(C)(C)C.COC(C)=O. The molecule has 0 aromatic heterocycles. The number of benzene rings is 1. The van der Waals surface area contributed by atoms with Gasteiger partial charge >= 0.3 is 17.9 Å². The lowest BCUT2D eigenvalue weighted by molar-refractivity contribution is -0.138. The molecule has 0 aliphatic carbocycles. The van der Waals surface area contributed by atoms with Gasteiger partial charge in [-0.15, -0.1) is 0 Å². The minimum absolute atomic E-state index is 0.0347. The molecule has 0 aliphatic heterocycles. The van der Waals surface area contributed by atoms with E-state index in [1.807, 2.05) is 20.8 Å². The molecule has 0 aliphatic rings. The topological polar surface area (TPSA) is 99.1 Å². The summed E-state index contributed by atoms with van der Waals surface area (Å²) in [6.45, 7) is 8.13. The molecule has 0 fully saturated rings. The molecule has 7 nitrogen and oxygen atoms in total. The fourth-order valence-corrected chi connectivity index (χ4v) is 1.29. The lowest BCUT2D eigenvalue weighted by Crippen LogP contribution is -2.23. The summed E-state index contributed by atoms with van der Waals surface area (Å²) in [5.41, 5.74) is -0.438. The largest absolute Gasteiger partial charge is 0.484 e.